The highest BCUT2D eigenvalue weighted by atomic mass is 32.2. The van der Waals surface area contributed by atoms with Crippen molar-refractivity contribution in [2.24, 2.45) is 0 Å². The number of imidazole rings is 1. The van der Waals surface area contributed by atoms with Crippen LogP contribution in [-0.4, -0.2) is 41.9 Å². The predicted molar refractivity (Wildman–Crippen MR) is 93.2 cm³/mol. The molecule has 1 saturated heterocycles. The average molecular weight is 348 g/mol. The molecule has 1 N–H and O–H groups in total. The summed E-state index contributed by atoms with van der Waals surface area (Å²) in [6, 6.07) is 8.03. The van der Waals surface area contributed by atoms with Crippen LogP contribution in [-0.2, 0) is 23.0 Å². The molecule has 1 atom stereocenters. The molecular weight excluding hydrogens is 324 g/mol. The molecule has 1 unspecified atom stereocenters. The summed E-state index contributed by atoms with van der Waals surface area (Å²) in [4.78, 5) is 4.02. The van der Waals surface area contributed by atoms with Gasteiger partial charge in [0.1, 0.15) is 0 Å². The summed E-state index contributed by atoms with van der Waals surface area (Å²) in [7, 11) is -3.58. The molecule has 0 amide bonds. The van der Waals surface area contributed by atoms with Gasteiger partial charge in [-0.25, -0.2) is 13.4 Å². The first-order chi connectivity index (χ1) is 11.6. The maximum absolute atomic E-state index is 13.2. The maximum Gasteiger partial charge on any atom is 0.260 e. The van der Waals surface area contributed by atoms with Crippen LogP contribution in [0.25, 0.3) is 0 Å². The summed E-state index contributed by atoms with van der Waals surface area (Å²) in [5, 5.41) is 3.58. The molecule has 1 fully saturated rings. The van der Waals surface area contributed by atoms with E-state index in [0.717, 1.165) is 12.0 Å². The Hall–Kier alpha value is -1.70. The number of benzene rings is 1. The van der Waals surface area contributed by atoms with E-state index in [4.69, 9.17) is 0 Å². The first-order valence-electron chi connectivity index (χ1n) is 8.39. The zero-order valence-electron chi connectivity index (χ0n) is 14.1. The van der Waals surface area contributed by atoms with Crippen LogP contribution in [0, 0.1) is 0 Å². The van der Waals surface area contributed by atoms with Gasteiger partial charge in [0.05, 0.1) is 18.6 Å². The Labute approximate surface area is 143 Å². The van der Waals surface area contributed by atoms with E-state index in [1.165, 1.54) is 11.8 Å². The van der Waals surface area contributed by atoms with Gasteiger partial charge in [0, 0.05) is 26.2 Å². The Balaban J connectivity index is 1.97. The number of hydrogen-bond donors (Lipinski definition) is 1. The third-order valence-corrected chi connectivity index (χ3v) is 6.48. The van der Waals surface area contributed by atoms with Crippen LogP contribution in [0.3, 0.4) is 0 Å². The Morgan fingerprint density at radius 2 is 2.00 bits per heavy atom. The van der Waals surface area contributed by atoms with Crippen molar-refractivity contribution in [3.05, 3.63) is 47.9 Å². The van der Waals surface area contributed by atoms with E-state index in [1.807, 2.05) is 19.1 Å². The fraction of sp³-hybridized carbons (Fsp3) is 0.471. The van der Waals surface area contributed by atoms with Crippen LogP contribution in [0.15, 0.2) is 41.8 Å². The van der Waals surface area contributed by atoms with Gasteiger partial charge >= 0.3 is 0 Å². The molecule has 3 rings (SSSR count). The minimum Gasteiger partial charge on any atom is -0.321 e. The van der Waals surface area contributed by atoms with Gasteiger partial charge in [-0.2, -0.15) is 4.31 Å². The zero-order valence-corrected chi connectivity index (χ0v) is 15.0. The van der Waals surface area contributed by atoms with Crippen molar-refractivity contribution in [3.8, 4) is 0 Å². The SMILES string of the molecule is CCc1ccc(C2CNCCN2S(=O)(=O)c2cncn2CC)cc1. The highest BCUT2D eigenvalue weighted by Gasteiger charge is 2.36. The third kappa shape index (κ3) is 3.11. The monoisotopic (exact) mass is 348 g/mol. The van der Waals surface area contributed by atoms with Gasteiger partial charge < -0.3 is 9.88 Å². The van der Waals surface area contributed by atoms with Gasteiger partial charge in [-0.1, -0.05) is 31.2 Å². The average Bonchev–Trinajstić information content (AvgIpc) is 3.11. The van der Waals surface area contributed by atoms with E-state index in [0.29, 0.717) is 26.2 Å². The summed E-state index contributed by atoms with van der Waals surface area (Å²) in [5.74, 6) is 0. The zero-order chi connectivity index (χ0) is 17.2. The lowest BCUT2D eigenvalue weighted by molar-refractivity contribution is 0.270. The van der Waals surface area contributed by atoms with E-state index < -0.39 is 10.0 Å². The fourth-order valence-corrected chi connectivity index (χ4v) is 4.88. The van der Waals surface area contributed by atoms with Gasteiger partial charge in [0.15, 0.2) is 5.03 Å². The first-order valence-corrected chi connectivity index (χ1v) is 9.83. The number of sulfonamides is 1. The quantitative estimate of drug-likeness (QED) is 0.895. The van der Waals surface area contributed by atoms with Gasteiger partial charge in [-0.3, -0.25) is 0 Å². The molecule has 0 bridgehead atoms. The molecule has 24 heavy (non-hydrogen) atoms. The molecule has 2 heterocycles. The Morgan fingerprint density at radius 3 is 2.67 bits per heavy atom. The second kappa shape index (κ2) is 7.04. The second-order valence-corrected chi connectivity index (χ2v) is 7.79. The summed E-state index contributed by atoms with van der Waals surface area (Å²) >= 11 is 0. The lowest BCUT2D eigenvalue weighted by Gasteiger charge is -2.35. The van der Waals surface area contributed by atoms with Crippen LogP contribution in [0.2, 0.25) is 0 Å². The molecule has 1 aliphatic rings. The highest BCUT2D eigenvalue weighted by Crippen LogP contribution is 2.29. The van der Waals surface area contributed by atoms with Crippen LogP contribution >= 0.6 is 0 Å². The Morgan fingerprint density at radius 1 is 1.25 bits per heavy atom. The summed E-state index contributed by atoms with van der Waals surface area (Å²) in [6.45, 7) is 6.33. The molecule has 7 heteroatoms. The number of nitrogens with one attached hydrogen (secondary N) is 1. The Bertz CT molecular complexity index is 783. The van der Waals surface area contributed by atoms with Crippen LogP contribution in [0.1, 0.15) is 31.0 Å². The molecule has 0 aliphatic carbocycles. The van der Waals surface area contributed by atoms with Crippen LogP contribution in [0.5, 0.6) is 0 Å². The van der Waals surface area contributed by atoms with E-state index in [1.54, 1.807) is 15.2 Å². The number of rotatable bonds is 5. The molecule has 6 nitrogen and oxygen atoms in total. The lowest BCUT2D eigenvalue weighted by Crippen LogP contribution is -2.48. The third-order valence-electron chi connectivity index (χ3n) is 4.55. The van der Waals surface area contributed by atoms with Crippen molar-refractivity contribution >= 4 is 10.0 Å². The van der Waals surface area contributed by atoms with Crippen molar-refractivity contribution in [3.63, 3.8) is 0 Å². The van der Waals surface area contributed by atoms with Gasteiger partial charge in [0.2, 0.25) is 0 Å². The van der Waals surface area contributed by atoms with Crippen molar-refractivity contribution in [1.29, 1.82) is 0 Å². The topological polar surface area (TPSA) is 67.2 Å². The predicted octanol–water partition coefficient (Wildman–Crippen LogP) is 1.80. The molecule has 0 saturated carbocycles. The molecule has 1 aromatic carbocycles. The molecule has 0 spiro atoms. The number of hydrogen-bond acceptors (Lipinski definition) is 4. The number of piperazine rings is 1. The largest absolute Gasteiger partial charge is 0.321 e. The van der Waals surface area contributed by atoms with Crippen molar-refractivity contribution in [1.82, 2.24) is 19.2 Å². The number of nitrogens with zero attached hydrogens (tertiary/aromatic N) is 3. The first kappa shape index (κ1) is 17.1. The van der Waals surface area contributed by atoms with Gasteiger partial charge in [-0.05, 0) is 24.5 Å². The van der Waals surface area contributed by atoms with Crippen molar-refractivity contribution in [2.75, 3.05) is 19.6 Å². The normalized spacial score (nSPS) is 19.5. The lowest BCUT2D eigenvalue weighted by atomic mass is 10.0. The van der Waals surface area contributed by atoms with Gasteiger partial charge in [0.25, 0.3) is 10.0 Å². The minimum atomic E-state index is -3.58. The van der Waals surface area contributed by atoms with Crippen LogP contribution in [0.4, 0.5) is 0 Å². The summed E-state index contributed by atoms with van der Waals surface area (Å²) < 4.78 is 29.6. The van der Waals surface area contributed by atoms with E-state index >= 15 is 0 Å². The van der Waals surface area contributed by atoms with Crippen LogP contribution < -0.4 is 5.32 Å². The number of aryl methyl sites for hydroxylation is 2. The van der Waals surface area contributed by atoms with Gasteiger partial charge in [-0.15, -0.1) is 0 Å². The minimum absolute atomic E-state index is 0.199. The molecule has 0 radical (unpaired) electrons. The van der Waals surface area contributed by atoms with Crippen molar-refractivity contribution < 1.29 is 8.42 Å². The van der Waals surface area contributed by atoms with E-state index in [2.05, 4.69) is 29.4 Å². The Kier molecular flexibility index (Phi) is 5.03. The fourth-order valence-electron chi connectivity index (χ4n) is 3.11. The molecule has 130 valence electrons. The molecule has 1 aliphatic heterocycles. The summed E-state index contributed by atoms with van der Waals surface area (Å²) in [5.41, 5.74) is 2.27. The molecule has 2 aromatic rings. The maximum atomic E-state index is 13.2. The van der Waals surface area contributed by atoms with Crippen molar-refractivity contribution in [2.45, 2.75) is 37.9 Å². The highest BCUT2D eigenvalue weighted by molar-refractivity contribution is 7.89. The van der Waals surface area contributed by atoms with E-state index in [9.17, 15) is 8.42 Å². The van der Waals surface area contributed by atoms with E-state index in [-0.39, 0.29) is 11.1 Å². The second-order valence-electron chi connectivity index (χ2n) is 5.95. The molecule has 1 aromatic heterocycles. The smallest absolute Gasteiger partial charge is 0.260 e. The molecular formula is C17H24N4O2S. The standard InChI is InChI=1S/C17H24N4O2S/c1-3-14-5-7-15(8-6-14)16-11-18-9-10-21(16)24(22,23)17-12-19-13-20(17)4-2/h5-8,12-13,16,18H,3-4,9-11H2,1-2H3. The summed E-state index contributed by atoms with van der Waals surface area (Å²) in [6.07, 6.45) is 3.99. The number of aromatic nitrogens is 2.